The van der Waals surface area contributed by atoms with Gasteiger partial charge in [-0.25, -0.2) is 8.42 Å². The number of amides is 2. The van der Waals surface area contributed by atoms with E-state index in [1.165, 1.54) is 48.4 Å². The topological polar surface area (TPSA) is 96.0 Å². The molecule has 3 aromatic rings. The van der Waals surface area contributed by atoms with Gasteiger partial charge in [-0.1, -0.05) is 35.9 Å². The minimum Gasteiger partial charge on any atom is -0.497 e. The van der Waals surface area contributed by atoms with Crippen LogP contribution in [0.5, 0.6) is 5.75 Å². The van der Waals surface area contributed by atoms with Crippen molar-refractivity contribution in [1.29, 1.82) is 0 Å². The predicted molar refractivity (Wildman–Crippen MR) is 158 cm³/mol. The average Bonchev–Trinajstić information content (AvgIpc) is 2.90. The van der Waals surface area contributed by atoms with Crippen LogP contribution in [0.1, 0.15) is 38.8 Å². The van der Waals surface area contributed by atoms with Gasteiger partial charge in [0.25, 0.3) is 10.0 Å². The van der Waals surface area contributed by atoms with Crippen LogP contribution in [0.25, 0.3) is 0 Å². The lowest BCUT2D eigenvalue weighted by molar-refractivity contribution is -0.140. The SMILES string of the molecule is COc1ccc(S(=O)(=O)N(CC(=O)N(Cc2ccccc2C)C(C)C(=O)NC(C)(C)C)c2ccc(Cl)cc2)cc1. The summed E-state index contributed by atoms with van der Waals surface area (Å²) in [5, 5.41) is 3.34. The third kappa shape index (κ3) is 7.76. The smallest absolute Gasteiger partial charge is 0.264 e. The van der Waals surface area contributed by atoms with Crippen LogP contribution >= 0.6 is 11.6 Å². The lowest BCUT2D eigenvalue weighted by atomic mass is 10.1. The lowest BCUT2D eigenvalue weighted by Gasteiger charge is -2.33. The van der Waals surface area contributed by atoms with Crippen LogP contribution in [0.15, 0.2) is 77.7 Å². The molecule has 0 bridgehead atoms. The van der Waals surface area contributed by atoms with Crippen molar-refractivity contribution in [3.8, 4) is 5.75 Å². The van der Waals surface area contributed by atoms with Crippen molar-refractivity contribution >= 4 is 39.1 Å². The fraction of sp³-hybridized carbons (Fsp3) is 0.333. The number of ether oxygens (including phenoxy) is 1. The van der Waals surface area contributed by atoms with Crippen molar-refractivity contribution in [2.24, 2.45) is 0 Å². The van der Waals surface area contributed by atoms with Crippen molar-refractivity contribution in [2.45, 2.75) is 57.6 Å². The monoisotopic (exact) mass is 585 g/mol. The Balaban J connectivity index is 2.04. The summed E-state index contributed by atoms with van der Waals surface area (Å²) in [6, 6.07) is 18.8. The summed E-state index contributed by atoms with van der Waals surface area (Å²) < 4.78 is 34.0. The Kier molecular flexibility index (Phi) is 9.87. The molecule has 1 N–H and O–H groups in total. The second kappa shape index (κ2) is 12.7. The number of methoxy groups -OCH3 is 1. The Hall–Kier alpha value is -3.56. The molecular formula is C30H36ClN3O5S. The third-order valence-corrected chi connectivity index (χ3v) is 8.35. The number of halogens is 1. The molecule has 0 radical (unpaired) electrons. The van der Waals surface area contributed by atoms with E-state index in [0.717, 1.165) is 15.4 Å². The maximum Gasteiger partial charge on any atom is 0.264 e. The molecule has 0 aromatic heterocycles. The average molecular weight is 586 g/mol. The molecule has 0 aliphatic heterocycles. The Labute approximate surface area is 241 Å². The maximum atomic E-state index is 14.0. The van der Waals surface area contributed by atoms with Gasteiger partial charge < -0.3 is 15.0 Å². The van der Waals surface area contributed by atoms with E-state index in [-0.39, 0.29) is 23.0 Å². The number of nitrogens with one attached hydrogen (secondary N) is 1. The van der Waals surface area contributed by atoms with Crippen LogP contribution in [0.2, 0.25) is 5.02 Å². The highest BCUT2D eigenvalue weighted by Crippen LogP contribution is 2.27. The Morgan fingerprint density at radius 2 is 1.57 bits per heavy atom. The third-order valence-electron chi connectivity index (χ3n) is 6.31. The Morgan fingerprint density at radius 1 is 0.975 bits per heavy atom. The molecule has 8 nitrogen and oxygen atoms in total. The fourth-order valence-corrected chi connectivity index (χ4v) is 5.58. The molecule has 3 rings (SSSR count). The largest absolute Gasteiger partial charge is 0.497 e. The van der Waals surface area contributed by atoms with Crippen LogP contribution in [-0.2, 0) is 26.2 Å². The van der Waals surface area contributed by atoms with Gasteiger partial charge in [0.2, 0.25) is 11.8 Å². The van der Waals surface area contributed by atoms with Gasteiger partial charge in [0.05, 0.1) is 17.7 Å². The first-order valence-corrected chi connectivity index (χ1v) is 14.6. The van der Waals surface area contributed by atoms with Gasteiger partial charge in [0.15, 0.2) is 0 Å². The number of nitrogens with zero attached hydrogens (tertiary/aromatic N) is 2. The summed E-state index contributed by atoms with van der Waals surface area (Å²) in [7, 11) is -2.70. The molecule has 0 heterocycles. The molecule has 1 unspecified atom stereocenters. The molecule has 3 aromatic carbocycles. The van der Waals surface area contributed by atoms with E-state index in [1.54, 1.807) is 19.1 Å². The number of hydrogen-bond acceptors (Lipinski definition) is 5. The molecule has 2 amide bonds. The lowest BCUT2D eigenvalue weighted by Crippen LogP contribution is -2.54. The second-order valence-electron chi connectivity index (χ2n) is 10.5. The van der Waals surface area contributed by atoms with Crippen LogP contribution in [0.4, 0.5) is 5.69 Å². The molecule has 214 valence electrons. The van der Waals surface area contributed by atoms with Gasteiger partial charge in [-0.3, -0.25) is 13.9 Å². The zero-order valence-corrected chi connectivity index (χ0v) is 25.2. The molecule has 40 heavy (non-hydrogen) atoms. The van der Waals surface area contributed by atoms with Gasteiger partial charge in [0, 0.05) is 17.1 Å². The van der Waals surface area contributed by atoms with Crippen LogP contribution in [0.3, 0.4) is 0 Å². The number of carbonyl (C=O) groups is 2. The molecule has 0 fully saturated rings. The quantitative estimate of drug-likeness (QED) is 0.353. The summed E-state index contributed by atoms with van der Waals surface area (Å²) in [5.41, 5.74) is 1.54. The van der Waals surface area contributed by atoms with E-state index < -0.39 is 34.1 Å². The highest BCUT2D eigenvalue weighted by atomic mass is 35.5. The van der Waals surface area contributed by atoms with Crippen molar-refractivity contribution in [1.82, 2.24) is 10.2 Å². The van der Waals surface area contributed by atoms with E-state index in [4.69, 9.17) is 16.3 Å². The van der Waals surface area contributed by atoms with Crippen LogP contribution < -0.4 is 14.4 Å². The van der Waals surface area contributed by atoms with Gasteiger partial charge in [-0.15, -0.1) is 0 Å². The highest BCUT2D eigenvalue weighted by molar-refractivity contribution is 7.92. The summed E-state index contributed by atoms with van der Waals surface area (Å²) in [6.07, 6.45) is 0. The predicted octanol–water partition coefficient (Wildman–Crippen LogP) is 5.18. The zero-order valence-electron chi connectivity index (χ0n) is 23.6. The van der Waals surface area contributed by atoms with Gasteiger partial charge >= 0.3 is 0 Å². The first-order chi connectivity index (χ1) is 18.7. The Bertz CT molecular complexity index is 1440. The number of rotatable bonds is 10. The van der Waals surface area contributed by atoms with E-state index in [0.29, 0.717) is 10.8 Å². The molecular weight excluding hydrogens is 550 g/mol. The minimum absolute atomic E-state index is 0.0139. The molecule has 0 saturated carbocycles. The van der Waals surface area contributed by atoms with E-state index in [1.807, 2.05) is 52.0 Å². The van der Waals surface area contributed by atoms with Crippen LogP contribution in [-0.4, -0.2) is 50.4 Å². The molecule has 0 spiro atoms. The second-order valence-corrected chi connectivity index (χ2v) is 12.8. The summed E-state index contributed by atoms with van der Waals surface area (Å²) in [5.74, 6) is -0.381. The maximum absolute atomic E-state index is 14.0. The number of benzene rings is 3. The molecule has 0 saturated heterocycles. The standard InChI is InChI=1S/C30H36ClN3O5S/c1-21-9-7-8-10-23(21)19-33(22(2)29(36)32-30(3,4)5)28(35)20-34(25-13-11-24(31)12-14-25)40(37,38)27-17-15-26(39-6)16-18-27/h7-18,22H,19-20H2,1-6H3,(H,32,36). The molecule has 1 atom stereocenters. The number of aryl methyl sites for hydroxylation is 1. The zero-order chi connectivity index (χ0) is 29.7. The van der Waals surface area contributed by atoms with E-state index in [9.17, 15) is 18.0 Å². The van der Waals surface area contributed by atoms with Crippen molar-refractivity contribution in [3.05, 3.63) is 88.9 Å². The van der Waals surface area contributed by atoms with Gasteiger partial charge in [-0.05, 0) is 94.3 Å². The van der Waals surface area contributed by atoms with Crippen LogP contribution in [0, 0.1) is 6.92 Å². The normalized spacial score (nSPS) is 12.4. The molecule has 10 heteroatoms. The molecule has 0 aliphatic carbocycles. The van der Waals surface area contributed by atoms with E-state index in [2.05, 4.69) is 5.32 Å². The van der Waals surface area contributed by atoms with Gasteiger partial charge in [0.1, 0.15) is 18.3 Å². The number of hydrogen-bond donors (Lipinski definition) is 1. The summed E-state index contributed by atoms with van der Waals surface area (Å²) in [4.78, 5) is 28.6. The number of anilines is 1. The number of sulfonamides is 1. The fourth-order valence-electron chi connectivity index (χ4n) is 4.04. The van der Waals surface area contributed by atoms with Gasteiger partial charge in [-0.2, -0.15) is 0 Å². The molecule has 0 aliphatic rings. The minimum atomic E-state index is -4.19. The number of carbonyl (C=O) groups excluding carboxylic acids is 2. The van der Waals surface area contributed by atoms with E-state index >= 15 is 0 Å². The summed E-state index contributed by atoms with van der Waals surface area (Å²) >= 11 is 6.07. The first kappa shape index (κ1) is 31.0. The summed E-state index contributed by atoms with van der Waals surface area (Å²) in [6.45, 7) is 8.72. The van der Waals surface area contributed by atoms with Crippen molar-refractivity contribution < 1.29 is 22.7 Å². The first-order valence-electron chi connectivity index (χ1n) is 12.8. The Morgan fingerprint density at radius 3 is 2.12 bits per heavy atom. The highest BCUT2D eigenvalue weighted by Gasteiger charge is 2.33. The van der Waals surface area contributed by atoms with Crippen molar-refractivity contribution in [2.75, 3.05) is 18.0 Å². The van der Waals surface area contributed by atoms with Crippen molar-refractivity contribution in [3.63, 3.8) is 0 Å².